The van der Waals surface area contributed by atoms with Crippen LogP contribution in [0.2, 0.25) is 0 Å². The van der Waals surface area contributed by atoms with Crippen molar-refractivity contribution < 1.29 is 18.0 Å². The van der Waals surface area contributed by atoms with Crippen LogP contribution in [0.25, 0.3) is 0 Å². The lowest BCUT2D eigenvalue weighted by atomic mass is 10.2. The fraction of sp³-hybridized carbons (Fsp3) is 0.438. The van der Waals surface area contributed by atoms with Crippen molar-refractivity contribution in [1.82, 2.24) is 20.0 Å². The Morgan fingerprint density at radius 1 is 1.16 bits per heavy atom. The first kappa shape index (κ1) is 17.8. The zero-order valence-electron chi connectivity index (χ0n) is 13.7. The van der Waals surface area contributed by atoms with Crippen LogP contribution in [0.5, 0.6) is 0 Å². The van der Waals surface area contributed by atoms with E-state index >= 15 is 0 Å². The molecule has 0 bridgehead atoms. The minimum absolute atomic E-state index is 0.0114. The molecule has 0 unspecified atom stereocenters. The van der Waals surface area contributed by atoms with Crippen LogP contribution in [-0.2, 0) is 11.3 Å². The highest BCUT2D eigenvalue weighted by Crippen LogP contribution is 2.17. The van der Waals surface area contributed by atoms with Gasteiger partial charge in [0.1, 0.15) is 11.6 Å². The van der Waals surface area contributed by atoms with Crippen molar-refractivity contribution in [2.24, 2.45) is 0 Å². The summed E-state index contributed by atoms with van der Waals surface area (Å²) in [5, 5.41) is 7.95. The van der Waals surface area contributed by atoms with Gasteiger partial charge in [0, 0.05) is 45.7 Å². The molecular weight excluding hydrogens is 350 g/mol. The molecule has 6 nitrogen and oxygen atoms in total. The van der Waals surface area contributed by atoms with Crippen molar-refractivity contribution >= 4 is 17.7 Å². The van der Waals surface area contributed by atoms with Crippen LogP contribution in [0.15, 0.2) is 27.8 Å². The second kappa shape index (κ2) is 7.92. The molecule has 1 aliphatic rings. The summed E-state index contributed by atoms with van der Waals surface area (Å²) >= 11 is 1.22. The Bertz CT molecular complexity index is 727. The molecule has 1 aliphatic heterocycles. The molecule has 0 saturated carbocycles. The van der Waals surface area contributed by atoms with Crippen LogP contribution in [0.1, 0.15) is 11.5 Å². The zero-order chi connectivity index (χ0) is 17.8. The van der Waals surface area contributed by atoms with Gasteiger partial charge in [0.2, 0.25) is 11.8 Å². The normalized spacial score (nSPS) is 15.6. The predicted molar refractivity (Wildman–Crippen MR) is 88.0 cm³/mol. The molecule has 134 valence electrons. The average Bonchev–Trinajstić information content (AvgIpc) is 2.98. The van der Waals surface area contributed by atoms with E-state index in [0.717, 1.165) is 6.07 Å². The molecule has 2 heterocycles. The average molecular weight is 368 g/mol. The first-order valence-electron chi connectivity index (χ1n) is 7.87. The molecule has 0 spiro atoms. The summed E-state index contributed by atoms with van der Waals surface area (Å²) in [7, 11) is 0. The van der Waals surface area contributed by atoms with Gasteiger partial charge in [0.25, 0.3) is 5.22 Å². The van der Waals surface area contributed by atoms with Gasteiger partial charge in [-0.1, -0.05) is 11.8 Å². The molecule has 1 aromatic carbocycles. The molecule has 1 saturated heterocycles. The van der Waals surface area contributed by atoms with E-state index in [4.69, 9.17) is 4.42 Å². The van der Waals surface area contributed by atoms with Crippen molar-refractivity contribution in [3.8, 4) is 0 Å². The lowest BCUT2D eigenvalue weighted by molar-refractivity contribution is -0.130. The number of aromatic nitrogens is 2. The molecule has 0 aliphatic carbocycles. The smallest absolute Gasteiger partial charge is 0.277 e. The summed E-state index contributed by atoms with van der Waals surface area (Å²) in [6, 6.07) is 3.54. The second-order valence-corrected chi connectivity index (χ2v) is 6.74. The number of amides is 1. The number of carbonyl (C=O) groups is 1. The van der Waals surface area contributed by atoms with Crippen LogP contribution >= 0.6 is 11.8 Å². The molecule has 9 heteroatoms. The first-order valence-corrected chi connectivity index (χ1v) is 8.86. The van der Waals surface area contributed by atoms with Crippen molar-refractivity contribution in [3.05, 3.63) is 41.3 Å². The largest absolute Gasteiger partial charge is 0.416 e. The van der Waals surface area contributed by atoms with Crippen LogP contribution in [-0.4, -0.2) is 57.8 Å². The van der Waals surface area contributed by atoms with Gasteiger partial charge >= 0.3 is 0 Å². The number of piperazine rings is 1. The summed E-state index contributed by atoms with van der Waals surface area (Å²) in [5.41, 5.74) is 0.597. The Morgan fingerprint density at radius 3 is 2.44 bits per heavy atom. The third-order valence-corrected chi connectivity index (χ3v) is 4.68. The number of benzene rings is 1. The van der Waals surface area contributed by atoms with E-state index in [1.165, 1.54) is 23.9 Å². The molecule has 0 radical (unpaired) electrons. The molecule has 1 aromatic heterocycles. The van der Waals surface area contributed by atoms with E-state index in [1.807, 2.05) is 0 Å². The third kappa shape index (κ3) is 4.99. The van der Waals surface area contributed by atoms with Gasteiger partial charge in [0.05, 0.1) is 5.75 Å². The van der Waals surface area contributed by atoms with Gasteiger partial charge in [-0.25, -0.2) is 8.78 Å². The van der Waals surface area contributed by atoms with Crippen LogP contribution in [0.4, 0.5) is 8.78 Å². The van der Waals surface area contributed by atoms with Crippen molar-refractivity contribution in [2.75, 3.05) is 31.9 Å². The number of hydrogen-bond acceptors (Lipinski definition) is 6. The predicted octanol–water partition coefficient (Wildman–Crippen LogP) is 2.09. The molecule has 0 N–H and O–H groups in total. The lowest BCUT2D eigenvalue weighted by Gasteiger charge is -2.34. The van der Waals surface area contributed by atoms with Crippen LogP contribution in [0, 0.1) is 18.6 Å². The molecule has 1 fully saturated rings. The number of hydrogen-bond donors (Lipinski definition) is 0. The summed E-state index contributed by atoms with van der Waals surface area (Å²) < 4.78 is 31.7. The number of carbonyl (C=O) groups excluding carboxylic acids is 1. The minimum Gasteiger partial charge on any atom is -0.416 e. The minimum atomic E-state index is -0.572. The van der Waals surface area contributed by atoms with Gasteiger partial charge in [-0.3, -0.25) is 9.69 Å². The number of halogens is 2. The maximum atomic E-state index is 13.2. The molecular formula is C16H18F2N4O2S. The highest BCUT2D eigenvalue weighted by Gasteiger charge is 2.22. The van der Waals surface area contributed by atoms with Gasteiger partial charge in [0.15, 0.2) is 0 Å². The van der Waals surface area contributed by atoms with E-state index in [-0.39, 0.29) is 11.7 Å². The summed E-state index contributed by atoms with van der Waals surface area (Å²) in [4.78, 5) is 16.1. The van der Waals surface area contributed by atoms with E-state index in [9.17, 15) is 13.6 Å². The quantitative estimate of drug-likeness (QED) is 0.753. The van der Waals surface area contributed by atoms with Gasteiger partial charge < -0.3 is 9.32 Å². The van der Waals surface area contributed by atoms with E-state index in [0.29, 0.717) is 49.4 Å². The Morgan fingerprint density at radius 2 is 1.84 bits per heavy atom. The van der Waals surface area contributed by atoms with Gasteiger partial charge in [-0.05, 0) is 17.7 Å². The van der Waals surface area contributed by atoms with Crippen LogP contribution < -0.4 is 0 Å². The highest BCUT2D eigenvalue weighted by molar-refractivity contribution is 7.99. The SMILES string of the molecule is Cc1nnc(SCC(=O)N2CCN(Cc3cc(F)cc(F)c3)CC2)o1. The molecule has 1 amide bonds. The van der Waals surface area contributed by atoms with Gasteiger partial charge in [-0.15, -0.1) is 10.2 Å². The molecule has 2 aromatic rings. The Balaban J connectivity index is 1.45. The maximum Gasteiger partial charge on any atom is 0.277 e. The number of thioether (sulfide) groups is 1. The Hall–Kier alpha value is -2.00. The van der Waals surface area contributed by atoms with Crippen molar-refractivity contribution in [2.45, 2.75) is 18.7 Å². The Labute approximate surface area is 148 Å². The number of aryl methyl sites for hydroxylation is 1. The highest BCUT2D eigenvalue weighted by atomic mass is 32.2. The fourth-order valence-corrected chi connectivity index (χ4v) is 3.37. The number of rotatable bonds is 5. The second-order valence-electron chi connectivity index (χ2n) is 5.81. The van der Waals surface area contributed by atoms with Gasteiger partial charge in [-0.2, -0.15) is 0 Å². The van der Waals surface area contributed by atoms with E-state index in [1.54, 1.807) is 11.8 Å². The van der Waals surface area contributed by atoms with Crippen molar-refractivity contribution in [1.29, 1.82) is 0 Å². The fourth-order valence-electron chi connectivity index (χ4n) is 2.67. The summed E-state index contributed by atoms with van der Waals surface area (Å²) in [5.74, 6) is -0.416. The summed E-state index contributed by atoms with van der Waals surface area (Å²) in [6.07, 6.45) is 0. The monoisotopic (exact) mass is 368 g/mol. The zero-order valence-corrected chi connectivity index (χ0v) is 14.6. The maximum absolute atomic E-state index is 13.2. The third-order valence-electron chi connectivity index (χ3n) is 3.88. The molecule has 25 heavy (non-hydrogen) atoms. The Kier molecular flexibility index (Phi) is 5.64. The van der Waals surface area contributed by atoms with E-state index < -0.39 is 11.6 Å². The summed E-state index contributed by atoms with van der Waals surface area (Å²) in [6.45, 7) is 4.65. The van der Waals surface area contributed by atoms with Crippen LogP contribution in [0.3, 0.4) is 0 Å². The standard InChI is InChI=1S/C16H18F2N4O2S/c1-11-19-20-16(24-11)25-10-15(23)22-4-2-21(3-5-22)9-12-6-13(17)8-14(18)7-12/h6-8H,2-5,9-10H2,1H3. The first-order chi connectivity index (χ1) is 12.0. The topological polar surface area (TPSA) is 62.5 Å². The van der Waals surface area contributed by atoms with E-state index in [2.05, 4.69) is 15.1 Å². The lowest BCUT2D eigenvalue weighted by Crippen LogP contribution is -2.48. The number of nitrogens with zero attached hydrogens (tertiary/aromatic N) is 4. The van der Waals surface area contributed by atoms with Crippen molar-refractivity contribution in [3.63, 3.8) is 0 Å². The molecule has 0 atom stereocenters. The molecule has 3 rings (SSSR count).